The molecule has 0 radical (unpaired) electrons. The van der Waals surface area contributed by atoms with Crippen molar-refractivity contribution in [1.29, 1.82) is 0 Å². The van der Waals surface area contributed by atoms with Gasteiger partial charge in [0.05, 0.1) is 24.4 Å². The van der Waals surface area contributed by atoms with Gasteiger partial charge in [-0.25, -0.2) is 0 Å². The first-order valence-corrected chi connectivity index (χ1v) is 5.98. The first-order chi connectivity index (χ1) is 7.83. The Morgan fingerprint density at radius 1 is 0.882 bits per heavy atom. The quantitative estimate of drug-likeness (QED) is 0.436. The van der Waals surface area contributed by atoms with Crippen molar-refractivity contribution in [2.24, 2.45) is 0 Å². The molecule has 4 nitrogen and oxygen atoms in total. The molecule has 0 N–H and O–H groups in total. The molecular weight excluding hydrogens is 220 g/mol. The zero-order valence-electron chi connectivity index (χ0n) is 11.3. The van der Waals surface area contributed by atoms with Crippen molar-refractivity contribution in [3.63, 3.8) is 0 Å². The van der Waals surface area contributed by atoms with Crippen LogP contribution in [0.25, 0.3) is 0 Å². The SMILES string of the molecule is CC(C)(CCC=O)OCC(C)(C)OCCC=O. The van der Waals surface area contributed by atoms with E-state index >= 15 is 0 Å². The summed E-state index contributed by atoms with van der Waals surface area (Å²) in [6, 6.07) is 0. The van der Waals surface area contributed by atoms with Crippen LogP contribution in [-0.2, 0) is 19.1 Å². The molecule has 0 atom stereocenters. The summed E-state index contributed by atoms with van der Waals surface area (Å²) in [6.07, 6.45) is 3.33. The van der Waals surface area contributed by atoms with E-state index in [0.717, 1.165) is 12.6 Å². The molecule has 17 heavy (non-hydrogen) atoms. The van der Waals surface area contributed by atoms with Crippen LogP contribution >= 0.6 is 0 Å². The standard InChI is InChI=1S/C13H24O4/c1-12(2,7-5-8-14)17-11-13(3,4)16-10-6-9-15/h8-9H,5-7,10-11H2,1-4H3. The molecule has 4 heteroatoms. The molecule has 0 unspecified atom stereocenters. The second-order valence-electron chi connectivity index (χ2n) is 5.32. The van der Waals surface area contributed by atoms with Gasteiger partial charge in [-0.15, -0.1) is 0 Å². The lowest BCUT2D eigenvalue weighted by Crippen LogP contribution is -2.37. The van der Waals surface area contributed by atoms with Gasteiger partial charge in [0.2, 0.25) is 0 Å². The summed E-state index contributed by atoms with van der Waals surface area (Å²) in [5, 5.41) is 0. The zero-order chi connectivity index (χ0) is 13.4. The lowest BCUT2D eigenvalue weighted by atomic mass is 10.0. The molecule has 0 rings (SSSR count). The first-order valence-electron chi connectivity index (χ1n) is 5.98. The fourth-order valence-corrected chi connectivity index (χ4v) is 1.27. The Balaban J connectivity index is 3.97. The van der Waals surface area contributed by atoms with Crippen molar-refractivity contribution in [2.45, 2.75) is 58.2 Å². The lowest BCUT2D eigenvalue weighted by molar-refractivity contribution is -0.128. The molecule has 0 aromatic carbocycles. The Morgan fingerprint density at radius 2 is 1.47 bits per heavy atom. The van der Waals surface area contributed by atoms with E-state index in [9.17, 15) is 9.59 Å². The number of hydrogen-bond donors (Lipinski definition) is 0. The predicted molar refractivity (Wildman–Crippen MR) is 66.0 cm³/mol. The molecule has 0 heterocycles. The zero-order valence-corrected chi connectivity index (χ0v) is 11.3. The molecular formula is C13H24O4. The van der Waals surface area contributed by atoms with Crippen molar-refractivity contribution in [3.8, 4) is 0 Å². The molecule has 0 aromatic heterocycles. The highest BCUT2D eigenvalue weighted by atomic mass is 16.6. The monoisotopic (exact) mass is 244 g/mol. The highest BCUT2D eigenvalue weighted by Crippen LogP contribution is 2.20. The average molecular weight is 244 g/mol. The second-order valence-corrected chi connectivity index (χ2v) is 5.32. The number of hydrogen-bond acceptors (Lipinski definition) is 4. The molecule has 0 saturated carbocycles. The van der Waals surface area contributed by atoms with Gasteiger partial charge in [0, 0.05) is 12.8 Å². The van der Waals surface area contributed by atoms with E-state index < -0.39 is 5.60 Å². The molecule has 0 saturated heterocycles. The molecule has 100 valence electrons. The Bertz CT molecular complexity index is 234. The third-order valence-electron chi connectivity index (χ3n) is 2.40. The maximum Gasteiger partial charge on any atom is 0.122 e. The van der Waals surface area contributed by atoms with Crippen molar-refractivity contribution in [2.75, 3.05) is 13.2 Å². The topological polar surface area (TPSA) is 52.6 Å². The number of rotatable bonds is 10. The van der Waals surface area contributed by atoms with Crippen LogP contribution in [0.5, 0.6) is 0 Å². The van der Waals surface area contributed by atoms with Gasteiger partial charge in [-0.2, -0.15) is 0 Å². The van der Waals surface area contributed by atoms with Crippen LogP contribution in [0, 0.1) is 0 Å². The van der Waals surface area contributed by atoms with Gasteiger partial charge in [0.15, 0.2) is 0 Å². The molecule has 0 aliphatic carbocycles. The smallest absolute Gasteiger partial charge is 0.122 e. The maximum atomic E-state index is 10.3. The van der Waals surface area contributed by atoms with Crippen molar-refractivity contribution in [3.05, 3.63) is 0 Å². The Morgan fingerprint density at radius 3 is 2.00 bits per heavy atom. The lowest BCUT2D eigenvalue weighted by Gasteiger charge is -2.31. The maximum absolute atomic E-state index is 10.3. The van der Waals surface area contributed by atoms with Crippen molar-refractivity contribution < 1.29 is 19.1 Å². The normalized spacial score (nSPS) is 12.5. The highest BCUT2D eigenvalue weighted by molar-refractivity contribution is 5.49. The molecule has 0 bridgehead atoms. The summed E-state index contributed by atoms with van der Waals surface area (Å²) in [5.74, 6) is 0. The van der Waals surface area contributed by atoms with Gasteiger partial charge in [0.1, 0.15) is 12.6 Å². The highest BCUT2D eigenvalue weighted by Gasteiger charge is 2.25. The molecule has 0 fully saturated rings. The summed E-state index contributed by atoms with van der Waals surface area (Å²) in [7, 11) is 0. The van der Waals surface area contributed by atoms with E-state index in [1.165, 1.54) is 0 Å². The van der Waals surface area contributed by atoms with Gasteiger partial charge in [0.25, 0.3) is 0 Å². The van der Waals surface area contributed by atoms with E-state index in [1.807, 2.05) is 27.7 Å². The summed E-state index contributed by atoms with van der Waals surface area (Å²) < 4.78 is 11.3. The van der Waals surface area contributed by atoms with Gasteiger partial charge in [-0.3, -0.25) is 0 Å². The summed E-state index contributed by atoms with van der Waals surface area (Å²) in [5.41, 5.74) is -0.742. The summed E-state index contributed by atoms with van der Waals surface area (Å²) in [6.45, 7) is 8.61. The number of carbonyl (C=O) groups is 2. The van der Waals surface area contributed by atoms with Gasteiger partial charge >= 0.3 is 0 Å². The molecule has 0 aromatic rings. The average Bonchev–Trinajstić information content (AvgIpc) is 2.25. The summed E-state index contributed by atoms with van der Waals surface area (Å²) >= 11 is 0. The fourth-order valence-electron chi connectivity index (χ4n) is 1.27. The third kappa shape index (κ3) is 9.01. The van der Waals surface area contributed by atoms with Gasteiger partial charge < -0.3 is 19.1 Å². The van der Waals surface area contributed by atoms with Crippen LogP contribution < -0.4 is 0 Å². The second kappa shape index (κ2) is 7.56. The van der Waals surface area contributed by atoms with E-state index in [2.05, 4.69) is 0 Å². The van der Waals surface area contributed by atoms with Crippen molar-refractivity contribution in [1.82, 2.24) is 0 Å². The van der Waals surface area contributed by atoms with E-state index in [0.29, 0.717) is 32.5 Å². The minimum atomic E-state index is -0.415. The minimum Gasteiger partial charge on any atom is -0.373 e. The number of aldehydes is 2. The Labute approximate surface area is 104 Å². The molecule has 0 aliphatic rings. The van der Waals surface area contributed by atoms with Crippen LogP contribution in [0.15, 0.2) is 0 Å². The van der Waals surface area contributed by atoms with Crippen molar-refractivity contribution >= 4 is 12.6 Å². The van der Waals surface area contributed by atoms with Crippen LogP contribution in [-0.4, -0.2) is 37.0 Å². The molecule has 0 aliphatic heterocycles. The number of ether oxygens (including phenoxy) is 2. The van der Waals surface area contributed by atoms with E-state index in [-0.39, 0.29) is 5.60 Å². The summed E-state index contributed by atoms with van der Waals surface area (Å²) in [4.78, 5) is 20.5. The van der Waals surface area contributed by atoms with Gasteiger partial charge in [-0.05, 0) is 34.1 Å². The third-order valence-corrected chi connectivity index (χ3v) is 2.40. The van der Waals surface area contributed by atoms with Crippen LogP contribution in [0.3, 0.4) is 0 Å². The molecule has 0 spiro atoms. The minimum absolute atomic E-state index is 0.327. The molecule has 0 amide bonds. The van der Waals surface area contributed by atoms with Crippen LogP contribution in [0.2, 0.25) is 0 Å². The predicted octanol–water partition coefficient (Wildman–Crippen LogP) is 2.14. The van der Waals surface area contributed by atoms with Gasteiger partial charge in [-0.1, -0.05) is 0 Å². The first kappa shape index (κ1) is 16.3. The van der Waals surface area contributed by atoms with Crippen LogP contribution in [0.4, 0.5) is 0 Å². The van der Waals surface area contributed by atoms with E-state index in [1.54, 1.807) is 0 Å². The Hall–Kier alpha value is -0.740. The van der Waals surface area contributed by atoms with E-state index in [4.69, 9.17) is 9.47 Å². The number of carbonyl (C=O) groups excluding carboxylic acids is 2. The fraction of sp³-hybridized carbons (Fsp3) is 0.846. The largest absolute Gasteiger partial charge is 0.373 e. The van der Waals surface area contributed by atoms with Crippen LogP contribution in [0.1, 0.15) is 47.0 Å². The Kier molecular flexibility index (Phi) is 7.23.